The van der Waals surface area contributed by atoms with Crippen molar-refractivity contribution in [2.45, 2.75) is 12.5 Å². The van der Waals surface area contributed by atoms with Crippen LogP contribution in [0.15, 0.2) is 48.5 Å². The first-order chi connectivity index (χ1) is 8.70. The zero-order chi connectivity index (χ0) is 13.0. The summed E-state index contributed by atoms with van der Waals surface area (Å²) in [6.45, 7) is 0. The normalized spacial score (nSPS) is 12.2. The fourth-order valence-corrected chi connectivity index (χ4v) is 2.09. The number of benzene rings is 2. The molecular formula is C15H15ClO2. The van der Waals surface area contributed by atoms with E-state index in [1.165, 1.54) is 0 Å². The van der Waals surface area contributed by atoms with Gasteiger partial charge in [0, 0.05) is 17.0 Å². The van der Waals surface area contributed by atoms with E-state index in [4.69, 9.17) is 16.3 Å². The number of rotatable bonds is 4. The van der Waals surface area contributed by atoms with Gasteiger partial charge in [0.05, 0.1) is 13.2 Å². The van der Waals surface area contributed by atoms with Crippen LogP contribution >= 0.6 is 11.6 Å². The molecule has 18 heavy (non-hydrogen) atoms. The number of hydrogen-bond acceptors (Lipinski definition) is 2. The van der Waals surface area contributed by atoms with E-state index in [9.17, 15) is 5.11 Å². The Bertz CT molecular complexity index is 511. The smallest absolute Gasteiger partial charge is 0.119 e. The summed E-state index contributed by atoms with van der Waals surface area (Å²) < 4.78 is 5.14. The predicted molar refractivity (Wildman–Crippen MR) is 73.1 cm³/mol. The molecule has 0 aliphatic rings. The van der Waals surface area contributed by atoms with Gasteiger partial charge in [0.2, 0.25) is 0 Å². The second-order valence-corrected chi connectivity index (χ2v) is 4.50. The maximum absolute atomic E-state index is 10.2. The van der Waals surface area contributed by atoms with Crippen molar-refractivity contribution in [1.29, 1.82) is 0 Å². The van der Waals surface area contributed by atoms with Gasteiger partial charge in [-0.2, -0.15) is 0 Å². The topological polar surface area (TPSA) is 29.5 Å². The highest BCUT2D eigenvalue weighted by atomic mass is 35.5. The molecule has 2 nitrogen and oxygen atoms in total. The molecule has 2 aromatic rings. The first kappa shape index (κ1) is 12.9. The molecule has 0 aliphatic heterocycles. The van der Waals surface area contributed by atoms with Crippen molar-refractivity contribution >= 4 is 11.6 Å². The molecule has 0 bridgehead atoms. The summed E-state index contributed by atoms with van der Waals surface area (Å²) in [7, 11) is 1.59. The molecule has 0 saturated heterocycles. The number of aliphatic hydroxyl groups is 1. The number of ether oxygens (including phenoxy) is 1. The van der Waals surface area contributed by atoms with Crippen LogP contribution in [0.4, 0.5) is 0 Å². The van der Waals surface area contributed by atoms with Gasteiger partial charge in [-0.25, -0.2) is 0 Å². The zero-order valence-corrected chi connectivity index (χ0v) is 10.9. The van der Waals surface area contributed by atoms with Gasteiger partial charge < -0.3 is 9.84 Å². The van der Waals surface area contributed by atoms with Gasteiger partial charge in [-0.05, 0) is 23.8 Å². The Kier molecular flexibility index (Phi) is 4.24. The summed E-state index contributed by atoms with van der Waals surface area (Å²) in [6, 6.07) is 15.1. The minimum absolute atomic E-state index is 0.535. The van der Waals surface area contributed by atoms with Crippen LogP contribution in [-0.4, -0.2) is 12.2 Å². The van der Waals surface area contributed by atoms with Crippen LogP contribution in [0.1, 0.15) is 17.2 Å². The van der Waals surface area contributed by atoms with Crippen molar-refractivity contribution in [3.63, 3.8) is 0 Å². The molecule has 1 N–H and O–H groups in total. The van der Waals surface area contributed by atoms with E-state index in [-0.39, 0.29) is 0 Å². The Morgan fingerprint density at radius 1 is 1.17 bits per heavy atom. The third-order valence-electron chi connectivity index (χ3n) is 2.83. The molecule has 0 amide bonds. The van der Waals surface area contributed by atoms with Crippen LogP contribution in [0, 0.1) is 0 Å². The molecular weight excluding hydrogens is 248 g/mol. The number of hydrogen-bond donors (Lipinski definition) is 1. The lowest BCUT2D eigenvalue weighted by atomic mass is 10.0. The van der Waals surface area contributed by atoms with E-state index in [2.05, 4.69) is 0 Å². The van der Waals surface area contributed by atoms with Crippen molar-refractivity contribution in [3.8, 4) is 5.75 Å². The van der Waals surface area contributed by atoms with Crippen molar-refractivity contribution in [3.05, 3.63) is 64.7 Å². The number of methoxy groups -OCH3 is 1. The molecule has 0 aliphatic carbocycles. The number of aliphatic hydroxyl groups excluding tert-OH is 1. The van der Waals surface area contributed by atoms with E-state index >= 15 is 0 Å². The monoisotopic (exact) mass is 262 g/mol. The molecule has 0 fully saturated rings. The molecule has 0 heterocycles. The minimum Gasteiger partial charge on any atom is -0.497 e. The molecule has 0 spiro atoms. The molecule has 2 aromatic carbocycles. The first-order valence-electron chi connectivity index (χ1n) is 5.76. The van der Waals surface area contributed by atoms with E-state index < -0.39 is 6.10 Å². The average molecular weight is 263 g/mol. The molecule has 3 heteroatoms. The second kappa shape index (κ2) is 5.89. The molecule has 0 saturated carbocycles. The van der Waals surface area contributed by atoms with Gasteiger partial charge in [-0.15, -0.1) is 0 Å². The Labute approximate surface area is 112 Å². The van der Waals surface area contributed by atoms with Gasteiger partial charge >= 0.3 is 0 Å². The predicted octanol–water partition coefficient (Wildman–Crippen LogP) is 3.62. The van der Waals surface area contributed by atoms with Crippen molar-refractivity contribution in [2.24, 2.45) is 0 Å². The van der Waals surface area contributed by atoms with Gasteiger partial charge in [0.1, 0.15) is 5.75 Å². The van der Waals surface area contributed by atoms with Crippen LogP contribution in [0.5, 0.6) is 5.75 Å². The second-order valence-electron chi connectivity index (χ2n) is 4.09. The molecule has 94 valence electrons. The first-order valence-corrected chi connectivity index (χ1v) is 6.14. The summed E-state index contributed by atoms with van der Waals surface area (Å²) in [5.74, 6) is 0.696. The minimum atomic E-state index is -0.630. The van der Waals surface area contributed by atoms with Crippen LogP contribution in [0.25, 0.3) is 0 Å². The average Bonchev–Trinajstić information content (AvgIpc) is 2.40. The standard InChI is InChI=1S/C15H15ClO2/c1-18-12-7-8-14(16)13(10-12)15(17)9-11-5-3-2-4-6-11/h2-8,10,15,17H,9H2,1H3. The molecule has 0 aromatic heterocycles. The van der Waals surface area contributed by atoms with E-state index in [0.717, 1.165) is 5.56 Å². The Balaban J connectivity index is 2.20. The molecule has 1 unspecified atom stereocenters. The lowest BCUT2D eigenvalue weighted by Crippen LogP contribution is -2.03. The maximum Gasteiger partial charge on any atom is 0.119 e. The summed E-state index contributed by atoms with van der Waals surface area (Å²) in [6.07, 6.45) is -0.0942. The lowest BCUT2D eigenvalue weighted by Gasteiger charge is -2.14. The van der Waals surface area contributed by atoms with Gasteiger partial charge in [-0.3, -0.25) is 0 Å². The Hall–Kier alpha value is -1.51. The Morgan fingerprint density at radius 3 is 2.56 bits per heavy atom. The summed E-state index contributed by atoms with van der Waals surface area (Å²) in [5.41, 5.74) is 1.77. The van der Waals surface area contributed by atoms with Crippen molar-refractivity contribution < 1.29 is 9.84 Å². The van der Waals surface area contributed by atoms with E-state index in [0.29, 0.717) is 22.8 Å². The summed E-state index contributed by atoms with van der Waals surface area (Å²) >= 11 is 6.10. The maximum atomic E-state index is 10.2. The van der Waals surface area contributed by atoms with E-state index in [1.807, 2.05) is 30.3 Å². The van der Waals surface area contributed by atoms with Crippen LogP contribution in [0.2, 0.25) is 5.02 Å². The fourth-order valence-electron chi connectivity index (χ4n) is 1.85. The van der Waals surface area contributed by atoms with Gasteiger partial charge in [0.25, 0.3) is 0 Å². The highest BCUT2D eigenvalue weighted by molar-refractivity contribution is 6.31. The third kappa shape index (κ3) is 3.03. The van der Waals surface area contributed by atoms with Crippen molar-refractivity contribution in [1.82, 2.24) is 0 Å². The largest absolute Gasteiger partial charge is 0.497 e. The van der Waals surface area contributed by atoms with Crippen LogP contribution < -0.4 is 4.74 Å². The van der Waals surface area contributed by atoms with Gasteiger partial charge in [0.15, 0.2) is 0 Å². The quantitative estimate of drug-likeness (QED) is 0.912. The number of halogens is 1. The third-order valence-corrected chi connectivity index (χ3v) is 3.18. The van der Waals surface area contributed by atoms with Crippen molar-refractivity contribution in [2.75, 3.05) is 7.11 Å². The van der Waals surface area contributed by atoms with Crippen LogP contribution in [-0.2, 0) is 6.42 Å². The summed E-state index contributed by atoms with van der Waals surface area (Å²) in [5, 5.41) is 10.8. The van der Waals surface area contributed by atoms with Gasteiger partial charge in [-0.1, -0.05) is 41.9 Å². The lowest BCUT2D eigenvalue weighted by molar-refractivity contribution is 0.178. The Morgan fingerprint density at radius 2 is 1.89 bits per heavy atom. The molecule has 2 rings (SSSR count). The molecule has 0 radical (unpaired) electrons. The van der Waals surface area contributed by atoms with E-state index in [1.54, 1.807) is 25.3 Å². The summed E-state index contributed by atoms with van der Waals surface area (Å²) in [4.78, 5) is 0. The SMILES string of the molecule is COc1ccc(Cl)c(C(O)Cc2ccccc2)c1. The zero-order valence-electron chi connectivity index (χ0n) is 10.1. The van der Waals surface area contributed by atoms with Crippen LogP contribution in [0.3, 0.4) is 0 Å². The fraction of sp³-hybridized carbons (Fsp3) is 0.200. The highest BCUT2D eigenvalue weighted by Gasteiger charge is 2.13. The highest BCUT2D eigenvalue weighted by Crippen LogP contribution is 2.29. The molecule has 1 atom stereocenters.